The molecule has 1 fully saturated rings. The van der Waals surface area contributed by atoms with Crippen molar-refractivity contribution in [3.05, 3.63) is 120 Å². The molecule has 1 aliphatic heterocycles. The van der Waals surface area contributed by atoms with E-state index in [2.05, 4.69) is 12.7 Å². The molecular weight excluding hydrogens is 756 g/mol. The molecule has 2 N–H and O–H groups in total. The van der Waals surface area contributed by atoms with Gasteiger partial charge in [-0.1, -0.05) is 78.7 Å². The van der Waals surface area contributed by atoms with Crippen molar-refractivity contribution in [3.8, 4) is 11.5 Å². The summed E-state index contributed by atoms with van der Waals surface area (Å²) >= 11 is 0. The molecule has 6 atom stereocenters. The van der Waals surface area contributed by atoms with Gasteiger partial charge in [0.25, 0.3) is 0 Å². The number of aliphatic hydroxyl groups is 2. The number of likely N-dealkylation sites (N-methyl/N-ethyl adjacent to an activating group) is 1. The van der Waals surface area contributed by atoms with Gasteiger partial charge in [0, 0.05) is 43.7 Å². The Morgan fingerprint density at radius 2 is 1.76 bits per heavy atom. The maximum atomic E-state index is 14.7. The third kappa shape index (κ3) is 10.3. The highest BCUT2D eigenvalue weighted by Gasteiger charge is 2.65. The first kappa shape index (κ1) is 43.8. The lowest BCUT2D eigenvalue weighted by atomic mass is 9.55. The Morgan fingerprint density at radius 3 is 2.51 bits per heavy atom. The molecule has 11 nitrogen and oxygen atoms in total. The summed E-state index contributed by atoms with van der Waals surface area (Å²) in [6.07, 6.45) is 8.17. The molecule has 59 heavy (non-hydrogen) atoms. The molecule has 1 saturated carbocycles. The number of hydrogen-bond donors (Lipinski definition) is 2. The number of fused-ring (bicyclic) bond motifs is 2. The fraction of sp³-hybridized carbons (Fsp3) is 0.489. The summed E-state index contributed by atoms with van der Waals surface area (Å²) in [6, 6.07) is 21.3. The van der Waals surface area contributed by atoms with Gasteiger partial charge < -0.3 is 43.6 Å². The van der Waals surface area contributed by atoms with Crippen LogP contribution in [0.4, 0.5) is 9.18 Å². The van der Waals surface area contributed by atoms with Crippen LogP contribution in [0.2, 0.25) is 0 Å². The van der Waals surface area contributed by atoms with Crippen LogP contribution in [-0.2, 0) is 32.3 Å². The zero-order valence-corrected chi connectivity index (χ0v) is 34.3. The number of carbonyl (C=O) groups is 1. The molecule has 2 aliphatic carbocycles. The van der Waals surface area contributed by atoms with E-state index >= 15 is 0 Å². The number of rotatable bonds is 22. The van der Waals surface area contributed by atoms with Gasteiger partial charge in [-0.2, -0.15) is 0 Å². The Bertz CT molecular complexity index is 1890. The van der Waals surface area contributed by atoms with Crippen molar-refractivity contribution in [3.63, 3.8) is 0 Å². The molecule has 0 bridgehead atoms. The quantitative estimate of drug-likeness (QED) is 0.0585. The fourth-order valence-corrected chi connectivity index (χ4v) is 8.92. The second-order valence-corrected chi connectivity index (χ2v) is 15.3. The summed E-state index contributed by atoms with van der Waals surface area (Å²) in [5.74, 6) is -1.21. The van der Waals surface area contributed by atoms with E-state index in [1.54, 1.807) is 36.2 Å². The number of nitrogens with zero attached hydrogens (tertiary/aromatic N) is 2. The predicted molar refractivity (Wildman–Crippen MR) is 223 cm³/mol. The van der Waals surface area contributed by atoms with Gasteiger partial charge >= 0.3 is 6.09 Å². The molecular formula is C47H59FN2O9. The summed E-state index contributed by atoms with van der Waals surface area (Å²) in [4.78, 5) is 21.3. The van der Waals surface area contributed by atoms with E-state index in [9.17, 15) is 19.4 Å². The van der Waals surface area contributed by atoms with E-state index in [0.29, 0.717) is 48.8 Å². The molecule has 0 spiro atoms. The summed E-state index contributed by atoms with van der Waals surface area (Å²) in [6.45, 7) is 7.20. The first-order valence-corrected chi connectivity index (χ1v) is 20.9. The number of amides is 1. The first-order chi connectivity index (χ1) is 28.8. The van der Waals surface area contributed by atoms with E-state index < -0.39 is 23.8 Å². The molecule has 1 amide bonds. The number of ether oxygens (including phenoxy) is 5. The number of oxime groups is 1. The standard InChI is InChI=1S/C47H59FN2O9/c1-4-25-57-47-43(50(3)46(53)55-27-26-54-31-33-15-7-6-8-16-33)30-41(49-58-5-2)38-28-34(17-11-13-23-51)37(19-12-14-24-52)44(45(38)47)39-29-36(21-22-42(39)59-47)56-32-35-18-9-10-20-40(35)48/h4,6-10,15-16,18,20-22,28-29,34,37,43-45,51-52H,1,5,11-14,17,19,23-27,30-32H2,2-3H3. The van der Waals surface area contributed by atoms with E-state index in [1.165, 1.54) is 6.07 Å². The summed E-state index contributed by atoms with van der Waals surface area (Å²) in [5.41, 5.74) is 3.99. The summed E-state index contributed by atoms with van der Waals surface area (Å²) in [7, 11) is 1.69. The van der Waals surface area contributed by atoms with Gasteiger partial charge in [-0.15, -0.1) is 6.58 Å². The number of carbonyl (C=O) groups excluding carboxylic acids is 1. The third-order valence-corrected chi connectivity index (χ3v) is 11.6. The van der Waals surface area contributed by atoms with Crippen LogP contribution in [0.5, 0.6) is 11.5 Å². The zero-order chi connectivity index (χ0) is 41.6. The highest BCUT2D eigenvalue weighted by molar-refractivity contribution is 6.02. The third-order valence-electron chi connectivity index (χ3n) is 11.6. The second-order valence-electron chi connectivity index (χ2n) is 15.3. The van der Waals surface area contributed by atoms with Crippen LogP contribution in [0.3, 0.4) is 0 Å². The minimum absolute atomic E-state index is 0.0382. The lowest BCUT2D eigenvalue weighted by molar-refractivity contribution is -0.253. The van der Waals surface area contributed by atoms with Gasteiger partial charge in [-0.3, -0.25) is 0 Å². The van der Waals surface area contributed by atoms with Gasteiger partial charge in [-0.05, 0) is 79.8 Å². The molecule has 0 saturated heterocycles. The van der Waals surface area contributed by atoms with Crippen molar-refractivity contribution in [2.24, 2.45) is 22.9 Å². The Hall–Kier alpha value is -4.75. The van der Waals surface area contributed by atoms with Crippen molar-refractivity contribution < 1.29 is 47.9 Å². The highest BCUT2D eigenvalue weighted by atomic mass is 19.1. The van der Waals surface area contributed by atoms with Crippen molar-refractivity contribution in [2.75, 3.05) is 46.7 Å². The molecule has 6 rings (SSSR count). The predicted octanol–water partition coefficient (Wildman–Crippen LogP) is 8.34. The minimum Gasteiger partial charge on any atom is -0.489 e. The Balaban J connectivity index is 1.41. The molecule has 0 radical (unpaired) electrons. The van der Waals surface area contributed by atoms with Crippen molar-refractivity contribution in [1.82, 2.24) is 4.90 Å². The Morgan fingerprint density at radius 1 is 1.00 bits per heavy atom. The lowest BCUT2D eigenvalue weighted by Crippen LogP contribution is -2.69. The van der Waals surface area contributed by atoms with E-state index in [0.717, 1.165) is 42.4 Å². The average Bonchev–Trinajstić information content (AvgIpc) is 3.25. The zero-order valence-electron chi connectivity index (χ0n) is 34.3. The van der Waals surface area contributed by atoms with Gasteiger partial charge in [0.05, 0.1) is 31.5 Å². The molecule has 3 aromatic carbocycles. The minimum atomic E-state index is -1.42. The summed E-state index contributed by atoms with van der Waals surface area (Å²) < 4.78 is 46.6. The van der Waals surface area contributed by atoms with Gasteiger partial charge in [-0.25, -0.2) is 9.18 Å². The summed E-state index contributed by atoms with van der Waals surface area (Å²) in [5, 5.41) is 24.4. The molecule has 318 valence electrons. The van der Waals surface area contributed by atoms with Gasteiger partial charge in [0.2, 0.25) is 5.79 Å². The van der Waals surface area contributed by atoms with Gasteiger partial charge in [0.1, 0.15) is 43.2 Å². The molecule has 3 aromatic rings. The molecule has 6 unspecified atom stereocenters. The number of unbranched alkanes of at least 4 members (excludes halogenated alkanes) is 2. The van der Waals surface area contributed by atoms with Crippen LogP contribution in [0.25, 0.3) is 0 Å². The van der Waals surface area contributed by atoms with Crippen molar-refractivity contribution in [1.29, 1.82) is 0 Å². The Labute approximate surface area is 347 Å². The molecule has 12 heteroatoms. The number of halogens is 1. The fourth-order valence-electron chi connectivity index (χ4n) is 8.92. The lowest BCUT2D eigenvalue weighted by Gasteiger charge is -2.59. The van der Waals surface area contributed by atoms with E-state index in [-0.39, 0.29) is 69.6 Å². The maximum absolute atomic E-state index is 14.7. The number of hydrogen-bond acceptors (Lipinski definition) is 10. The second kappa shape index (κ2) is 21.5. The smallest absolute Gasteiger partial charge is 0.410 e. The van der Waals surface area contributed by atoms with Crippen molar-refractivity contribution in [2.45, 2.75) is 82.8 Å². The first-order valence-electron chi connectivity index (χ1n) is 20.9. The average molecular weight is 815 g/mol. The number of benzene rings is 3. The number of allylic oxidation sites excluding steroid dienone is 1. The van der Waals surface area contributed by atoms with Crippen LogP contribution in [-0.4, -0.2) is 85.4 Å². The topological polar surface area (TPSA) is 129 Å². The van der Waals surface area contributed by atoms with Crippen LogP contribution >= 0.6 is 0 Å². The molecule has 0 aromatic heterocycles. The normalized spacial score (nSPS) is 23.6. The SMILES string of the molecule is C=CCOC12Oc3ccc(OCc4ccccc4F)cc3C3C(CCCCO)C(CCCCO)C=C(C(=NOCC)CC1N(C)C(=O)OCCOCc1ccccc1)C32. The van der Waals surface area contributed by atoms with Crippen LogP contribution < -0.4 is 9.47 Å². The highest BCUT2D eigenvalue weighted by Crippen LogP contribution is 2.61. The van der Waals surface area contributed by atoms with Crippen LogP contribution in [0.15, 0.2) is 102 Å². The Kier molecular flexibility index (Phi) is 16.0. The van der Waals surface area contributed by atoms with Crippen LogP contribution in [0.1, 0.15) is 74.5 Å². The van der Waals surface area contributed by atoms with Crippen molar-refractivity contribution >= 4 is 11.8 Å². The van der Waals surface area contributed by atoms with E-state index in [1.807, 2.05) is 55.5 Å². The largest absolute Gasteiger partial charge is 0.489 e. The van der Waals surface area contributed by atoms with E-state index in [4.69, 9.17) is 33.7 Å². The monoisotopic (exact) mass is 814 g/mol. The van der Waals surface area contributed by atoms with Gasteiger partial charge in [0.15, 0.2) is 0 Å². The molecule has 1 heterocycles. The van der Waals surface area contributed by atoms with Crippen LogP contribution in [0, 0.1) is 23.6 Å². The maximum Gasteiger partial charge on any atom is 0.410 e. The molecule has 3 aliphatic rings. The number of aliphatic hydroxyl groups excluding tert-OH is 2.